The summed E-state index contributed by atoms with van der Waals surface area (Å²) < 4.78 is 5.40. The lowest BCUT2D eigenvalue weighted by molar-refractivity contribution is -0.142. The minimum atomic E-state index is -1.16. The lowest BCUT2D eigenvalue weighted by atomic mass is 9.98. The number of hydrogen-bond acceptors (Lipinski definition) is 5. The first-order chi connectivity index (χ1) is 15.9. The van der Waals surface area contributed by atoms with Gasteiger partial charge in [0.1, 0.15) is 12.6 Å². The number of fused-ring (bicyclic) bond motifs is 3. The largest absolute Gasteiger partial charge is 0.480 e. The van der Waals surface area contributed by atoms with E-state index in [-0.39, 0.29) is 25.5 Å². The Morgan fingerprint density at radius 3 is 2.21 bits per heavy atom. The molecule has 0 aliphatic heterocycles. The highest BCUT2D eigenvalue weighted by atomic mass is 16.5. The van der Waals surface area contributed by atoms with Crippen LogP contribution in [0, 0.1) is 0 Å². The third-order valence-corrected chi connectivity index (χ3v) is 5.73. The molecule has 0 aromatic heterocycles. The van der Waals surface area contributed by atoms with Crippen molar-refractivity contribution in [3.05, 3.63) is 59.7 Å². The van der Waals surface area contributed by atoms with E-state index >= 15 is 0 Å². The Hall–Kier alpha value is -3.39. The molecule has 3 rings (SSSR count). The molecule has 2 aromatic carbocycles. The Bertz CT molecular complexity index is 947. The van der Waals surface area contributed by atoms with Gasteiger partial charge >= 0.3 is 12.1 Å². The standard InChI is InChI=1S/C25H30N2O6/c1-2-3-12-22(24(30)31)27-23(29)13-16(28)14-26-25(32)33-15-21-19-10-6-4-8-17(19)18-9-5-7-11-20(18)21/h4-11,16,21-22,28H,2-3,12-15H2,1H3,(H,26,32)(H,27,29)(H,30,31). The molecule has 0 bridgehead atoms. The maximum absolute atomic E-state index is 12.2. The van der Waals surface area contributed by atoms with Crippen LogP contribution in [0.4, 0.5) is 4.79 Å². The van der Waals surface area contributed by atoms with Crippen LogP contribution in [0.25, 0.3) is 11.1 Å². The summed E-state index contributed by atoms with van der Waals surface area (Å²) in [6, 6.07) is 15.0. The number of carbonyl (C=O) groups is 3. The Labute approximate surface area is 193 Å². The van der Waals surface area contributed by atoms with E-state index in [1.54, 1.807) is 0 Å². The van der Waals surface area contributed by atoms with Gasteiger partial charge in [0, 0.05) is 12.5 Å². The number of benzene rings is 2. The summed E-state index contributed by atoms with van der Waals surface area (Å²) >= 11 is 0. The summed E-state index contributed by atoms with van der Waals surface area (Å²) in [6.45, 7) is 1.89. The molecule has 2 aromatic rings. The minimum absolute atomic E-state index is 0.0741. The van der Waals surface area contributed by atoms with Crippen molar-refractivity contribution in [2.24, 2.45) is 0 Å². The summed E-state index contributed by atoms with van der Waals surface area (Å²) in [7, 11) is 0. The third kappa shape index (κ3) is 6.32. The molecule has 8 nitrogen and oxygen atoms in total. The molecular formula is C25H30N2O6. The van der Waals surface area contributed by atoms with Gasteiger partial charge in [-0.1, -0.05) is 68.3 Å². The molecule has 0 saturated carbocycles. The van der Waals surface area contributed by atoms with Crippen LogP contribution in [0.1, 0.15) is 49.7 Å². The second kappa shape index (κ2) is 11.5. The molecule has 2 atom stereocenters. The smallest absolute Gasteiger partial charge is 0.407 e. The lowest BCUT2D eigenvalue weighted by Gasteiger charge is -2.17. The summed E-state index contributed by atoms with van der Waals surface area (Å²) in [6.07, 6.45) is -0.366. The molecule has 1 aliphatic rings. The van der Waals surface area contributed by atoms with Gasteiger partial charge in [-0.05, 0) is 28.7 Å². The number of carbonyl (C=O) groups excluding carboxylic acids is 2. The topological polar surface area (TPSA) is 125 Å². The van der Waals surface area contributed by atoms with E-state index in [0.717, 1.165) is 28.7 Å². The van der Waals surface area contributed by atoms with Crippen molar-refractivity contribution in [1.82, 2.24) is 10.6 Å². The van der Waals surface area contributed by atoms with Crippen molar-refractivity contribution in [3.63, 3.8) is 0 Å². The number of aliphatic carboxylic acids is 1. The number of nitrogens with one attached hydrogen (secondary N) is 2. The molecule has 33 heavy (non-hydrogen) atoms. The maximum Gasteiger partial charge on any atom is 0.407 e. The predicted octanol–water partition coefficient (Wildman–Crippen LogP) is 3.04. The number of hydrogen-bond donors (Lipinski definition) is 4. The van der Waals surface area contributed by atoms with Crippen molar-refractivity contribution in [2.45, 2.75) is 50.7 Å². The van der Waals surface area contributed by atoms with E-state index in [9.17, 15) is 24.6 Å². The van der Waals surface area contributed by atoms with Gasteiger partial charge < -0.3 is 25.6 Å². The first-order valence-corrected chi connectivity index (χ1v) is 11.2. The second-order valence-electron chi connectivity index (χ2n) is 8.16. The van der Waals surface area contributed by atoms with Gasteiger partial charge in [-0.3, -0.25) is 4.79 Å². The van der Waals surface area contributed by atoms with E-state index in [2.05, 4.69) is 10.6 Å². The van der Waals surface area contributed by atoms with Gasteiger partial charge in [-0.15, -0.1) is 0 Å². The molecule has 0 spiro atoms. The fourth-order valence-electron chi connectivity index (χ4n) is 4.06. The summed E-state index contributed by atoms with van der Waals surface area (Å²) in [5, 5.41) is 24.1. The van der Waals surface area contributed by atoms with E-state index in [4.69, 9.17) is 4.74 Å². The Kier molecular flexibility index (Phi) is 8.43. The molecular weight excluding hydrogens is 424 g/mol. The average Bonchev–Trinajstić information content (AvgIpc) is 3.12. The van der Waals surface area contributed by atoms with Gasteiger partial charge in [0.2, 0.25) is 5.91 Å². The Morgan fingerprint density at radius 1 is 1.03 bits per heavy atom. The van der Waals surface area contributed by atoms with E-state index in [1.807, 2.05) is 55.5 Å². The van der Waals surface area contributed by atoms with Crippen molar-refractivity contribution in [2.75, 3.05) is 13.2 Å². The van der Waals surface area contributed by atoms with Gasteiger partial charge in [0.25, 0.3) is 0 Å². The number of ether oxygens (including phenoxy) is 1. The Morgan fingerprint density at radius 2 is 1.64 bits per heavy atom. The molecule has 176 valence electrons. The molecule has 0 heterocycles. The Balaban J connectivity index is 1.45. The first-order valence-electron chi connectivity index (χ1n) is 11.2. The zero-order valence-electron chi connectivity index (χ0n) is 18.6. The van der Waals surface area contributed by atoms with Gasteiger partial charge in [-0.2, -0.15) is 0 Å². The number of unbranched alkanes of at least 4 members (excludes halogenated alkanes) is 1. The van der Waals surface area contributed by atoms with E-state index < -0.39 is 30.1 Å². The number of aliphatic hydroxyl groups excluding tert-OH is 1. The van der Waals surface area contributed by atoms with E-state index in [0.29, 0.717) is 12.8 Å². The summed E-state index contributed by atoms with van der Waals surface area (Å²) in [5.74, 6) is -1.77. The van der Waals surface area contributed by atoms with Crippen LogP contribution in [0.15, 0.2) is 48.5 Å². The minimum Gasteiger partial charge on any atom is -0.480 e. The fraction of sp³-hybridized carbons (Fsp3) is 0.400. The molecule has 8 heteroatoms. The number of aliphatic hydroxyl groups is 1. The lowest BCUT2D eigenvalue weighted by Crippen LogP contribution is -2.43. The zero-order chi connectivity index (χ0) is 23.8. The molecule has 0 radical (unpaired) electrons. The maximum atomic E-state index is 12.2. The predicted molar refractivity (Wildman–Crippen MR) is 123 cm³/mol. The zero-order valence-corrected chi connectivity index (χ0v) is 18.6. The second-order valence-corrected chi connectivity index (χ2v) is 8.16. The van der Waals surface area contributed by atoms with Crippen molar-refractivity contribution in [3.8, 4) is 11.1 Å². The van der Waals surface area contributed by atoms with Crippen LogP contribution in [0.5, 0.6) is 0 Å². The molecule has 2 unspecified atom stereocenters. The number of carboxylic acids is 1. The molecule has 2 amide bonds. The normalized spacial score (nSPS) is 14.0. The van der Waals surface area contributed by atoms with E-state index in [1.165, 1.54) is 0 Å². The van der Waals surface area contributed by atoms with Crippen LogP contribution in [-0.4, -0.2) is 53.5 Å². The van der Waals surface area contributed by atoms with Crippen molar-refractivity contribution < 1.29 is 29.3 Å². The molecule has 0 saturated heterocycles. The van der Waals surface area contributed by atoms with Gasteiger partial charge in [-0.25, -0.2) is 9.59 Å². The number of carboxylic acid groups (broad SMARTS) is 1. The summed E-state index contributed by atoms with van der Waals surface area (Å²) in [4.78, 5) is 35.4. The van der Waals surface area contributed by atoms with Crippen molar-refractivity contribution in [1.29, 1.82) is 0 Å². The number of amides is 2. The van der Waals surface area contributed by atoms with Crippen LogP contribution in [0.3, 0.4) is 0 Å². The monoisotopic (exact) mass is 454 g/mol. The first kappa shape index (κ1) is 24.3. The molecule has 1 aliphatic carbocycles. The van der Waals surface area contributed by atoms with Crippen LogP contribution >= 0.6 is 0 Å². The average molecular weight is 455 g/mol. The van der Waals surface area contributed by atoms with Crippen LogP contribution in [0.2, 0.25) is 0 Å². The SMILES string of the molecule is CCCCC(NC(=O)CC(O)CNC(=O)OCC1c2ccccc2-c2ccccc21)C(=O)O. The van der Waals surface area contributed by atoms with Crippen LogP contribution < -0.4 is 10.6 Å². The molecule has 4 N–H and O–H groups in total. The van der Waals surface area contributed by atoms with Crippen molar-refractivity contribution >= 4 is 18.0 Å². The van der Waals surface area contributed by atoms with Crippen LogP contribution in [-0.2, 0) is 14.3 Å². The number of rotatable bonds is 11. The molecule has 0 fully saturated rings. The highest BCUT2D eigenvalue weighted by Gasteiger charge is 2.29. The fourth-order valence-corrected chi connectivity index (χ4v) is 4.06. The van der Waals surface area contributed by atoms with Gasteiger partial charge in [0.05, 0.1) is 12.5 Å². The highest BCUT2D eigenvalue weighted by molar-refractivity contribution is 5.83. The summed E-state index contributed by atoms with van der Waals surface area (Å²) in [5.41, 5.74) is 4.45. The van der Waals surface area contributed by atoms with Gasteiger partial charge in [0.15, 0.2) is 0 Å². The third-order valence-electron chi connectivity index (χ3n) is 5.73. The quantitative estimate of drug-likeness (QED) is 0.414. The number of alkyl carbamates (subject to hydrolysis) is 1. The highest BCUT2D eigenvalue weighted by Crippen LogP contribution is 2.44.